The monoisotopic (exact) mass is 403 g/mol. The first-order valence-corrected chi connectivity index (χ1v) is 8.51. The maximum Gasteiger partial charge on any atom is 0.416 e. The van der Waals surface area contributed by atoms with Gasteiger partial charge in [-0.05, 0) is 25.1 Å². The first-order chi connectivity index (χ1) is 13.7. The largest absolute Gasteiger partial charge is 0.416 e. The third-order valence-electron chi connectivity index (χ3n) is 4.00. The number of nitrogens with zero attached hydrogens (tertiary/aromatic N) is 5. The minimum absolute atomic E-state index is 0.00440. The summed E-state index contributed by atoms with van der Waals surface area (Å²) < 4.78 is 40.1. The van der Waals surface area contributed by atoms with Gasteiger partial charge in [0.15, 0.2) is 5.69 Å². The van der Waals surface area contributed by atoms with Gasteiger partial charge in [0, 0.05) is 24.8 Å². The van der Waals surface area contributed by atoms with E-state index in [1.165, 1.54) is 19.1 Å². The summed E-state index contributed by atoms with van der Waals surface area (Å²) >= 11 is 0. The Labute approximate surface area is 164 Å². The molecule has 0 fully saturated rings. The Balaban J connectivity index is 2.51. The standard InChI is InChI=1S/C19H16F3N5O2/c1-13-11-16(28)17(18(29)26(9-3-7-23)10-4-8-24)25-27(13)15-6-2-5-14(12-15)19(20,21)22/h2,5-6,11-12H,3-4,9-10H2,1H3. The van der Waals surface area contributed by atoms with Crippen molar-refractivity contribution in [2.45, 2.75) is 25.9 Å². The molecule has 0 unspecified atom stereocenters. The molecule has 1 amide bonds. The van der Waals surface area contributed by atoms with Gasteiger partial charge in [0.1, 0.15) is 0 Å². The highest BCUT2D eigenvalue weighted by atomic mass is 19.4. The number of carbonyl (C=O) groups is 1. The van der Waals surface area contributed by atoms with Crippen molar-refractivity contribution >= 4 is 5.91 Å². The van der Waals surface area contributed by atoms with Crippen LogP contribution >= 0.6 is 0 Å². The van der Waals surface area contributed by atoms with Crippen molar-refractivity contribution in [3.05, 3.63) is 57.5 Å². The first-order valence-electron chi connectivity index (χ1n) is 8.51. The van der Waals surface area contributed by atoms with Crippen LogP contribution in [0.2, 0.25) is 0 Å². The number of aryl methyl sites for hydroxylation is 1. The number of nitriles is 2. The van der Waals surface area contributed by atoms with Crippen molar-refractivity contribution in [2.24, 2.45) is 0 Å². The molecular weight excluding hydrogens is 387 g/mol. The Morgan fingerprint density at radius 2 is 1.79 bits per heavy atom. The number of hydrogen-bond acceptors (Lipinski definition) is 5. The van der Waals surface area contributed by atoms with E-state index in [0.29, 0.717) is 0 Å². The maximum atomic E-state index is 13.0. The highest BCUT2D eigenvalue weighted by molar-refractivity contribution is 5.92. The van der Waals surface area contributed by atoms with Crippen molar-refractivity contribution < 1.29 is 18.0 Å². The van der Waals surface area contributed by atoms with Crippen LogP contribution < -0.4 is 5.43 Å². The minimum Gasteiger partial charge on any atom is -0.335 e. The SMILES string of the molecule is Cc1cc(=O)c(C(=O)N(CCC#N)CCC#N)nn1-c1cccc(C(F)(F)F)c1. The van der Waals surface area contributed by atoms with E-state index in [0.717, 1.165) is 27.8 Å². The van der Waals surface area contributed by atoms with Crippen LogP contribution in [-0.4, -0.2) is 33.7 Å². The Morgan fingerprint density at radius 1 is 1.17 bits per heavy atom. The van der Waals surface area contributed by atoms with E-state index in [1.54, 1.807) is 0 Å². The summed E-state index contributed by atoms with van der Waals surface area (Å²) in [6.45, 7) is 1.47. The van der Waals surface area contributed by atoms with E-state index in [-0.39, 0.29) is 37.3 Å². The average molecular weight is 403 g/mol. The molecule has 0 atom stereocenters. The zero-order chi connectivity index (χ0) is 21.6. The molecular formula is C19H16F3N5O2. The van der Waals surface area contributed by atoms with Crippen molar-refractivity contribution in [1.29, 1.82) is 10.5 Å². The molecule has 1 aromatic carbocycles. The van der Waals surface area contributed by atoms with Gasteiger partial charge in [-0.25, -0.2) is 4.68 Å². The van der Waals surface area contributed by atoms with Gasteiger partial charge in [0.05, 0.1) is 36.2 Å². The number of rotatable bonds is 6. The van der Waals surface area contributed by atoms with Crippen LogP contribution in [-0.2, 0) is 6.18 Å². The quantitative estimate of drug-likeness (QED) is 0.738. The lowest BCUT2D eigenvalue weighted by molar-refractivity contribution is -0.137. The second kappa shape index (κ2) is 9.02. The lowest BCUT2D eigenvalue weighted by atomic mass is 10.2. The Hall–Kier alpha value is -3.66. The summed E-state index contributed by atoms with van der Waals surface area (Å²) in [5, 5.41) is 21.5. The smallest absolute Gasteiger partial charge is 0.335 e. The lowest BCUT2D eigenvalue weighted by Gasteiger charge is -2.20. The Kier molecular flexibility index (Phi) is 6.73. The fourth-order valence-corrected chi connectivity index (χ4v) is 2.61. The van der Waals surface area contributed by atoms with Crippen molar-refractivity contribution in [3.63, 3.8) is 0 Å². The van der Waals surface area contributed by atoms with Gasteiger partial charge in [-0.1, -0.05) is 6.07 Å². The predicted molar refractivity (Wildman–Crippen MR) is 95.9 cm³/mol. The van der Waals surface area contributed by atoms with Crippen molar-refractivity contribution in [1.82, 2.24) is 14.7 Å². The van der Waals surface area contributed by atoms with Crippen molar-refractivity contribution in [2.75, 3.05) is 13.1 Å². The molecule has 0 radical (unpaired) electrons. The van der Waals surface area contributed by atoms with E-state index in [9.17, 15) is 22.8 Å². The summed E-state index contributed by atoms with van der Waals surface area (Å²) in [5.74, 6) is -0.791. The Morgan fingerprint density at radius 3 is 2.34 bits per heavy atom. The highest BCUT2D eigenvalue weighted by Gasteiger charge is 2.31. The molecule has 29 heavy (non-hydrogen) atoms. The number of alkyl halides is 3. The molecule has 1 aromatic heterocycles. The third kappa shape index (κ3) is 5.20. The molecule has 2 rings (SSSR count). The first kappa shape index (κ1) is 21.6. The Bertz CT molecular complexity index is 1030. The molecule has 0 aliphatic carbocycles. The number of amides is 1. The zero-order valence-electron chi connectivity index (χ0n) is 15.4. The van der Waals surface area contributed by atoms with Crippen molar-refractivity contribution in [3.8, 4) is 17.8 Å². The lowest BCUT2D eigenvalue weighted by Crippen LogP contribution is -2.37. The van der Waals surface area contributed by atoms with Gasteiger partial charge >= 0.3 is 6.18 Å². The zero-order valence-corrected chi connectivity index (χ0v) is 15.4. The van der Waals surface area contributed by atoms with Crippen LogP contribution in [0, 0.1) is 29.6 Å². The van der Waals surface area contributed by atoms with Gasteiger partial charge in [-0.2, -0.15) is 28.8 Å². The van der Waals surface area contributed by atoms with Crippen LogP contribution in [0.5, 0.6) is 0 Å². The molecule has 7 nitrogen and oxygen atoms in total. The number of aromatic nitrogens is 2. The highest BCUT2D eigenvalue weighted by Crippen LogP contribution is 2.30. The molecule has 0 saturated heterocycles. The molecule has 0 aliphatic rings. The second-order valence-electron chi connectivity index (χ2n) is 6.07. The van der Waals surface area contributed by atoms with E-state index in [1.807, 2.05) is 12.1 Å². The van der Waals surface area contributed by atoms with E-state index in [4.69, 9.17) is 10.5 Å². The van der Waals surface area contributed by atoms with Crippen LogP contribution in [0.4, 0.5) is 13.2 Å². The fourth-order valence-electron chi connectivity index (χ4n) is 2.61. The van der Waals surface area contributed by atoms with E-state index >= 15 is 0 Å². The number of halogens is 3. The van der Waals surface area contributed by atoms with Gasteiger partial charge in [0.2, 0.25) is 5.43 Å². The molecule has 10 heteroatoms. The topological polar surface area (TPSA) is 103 Å². The normalized spacial score (nSPS) is 10.8. The second-order valence-corrected chi connectivity index (χ2v) is 6.07. The van der Waals surface area contributed by atoms with E-state index < -0.39 is 28.8 Å². The molecule has 0 aliphatic heterocycles. The summed E-state index contributed by atoms with van der Waals surface area (Å²) in [6, 6.07) is 9.19. The predicted octanol–water partition coefficient (Wildman–Crippen LogP) is 2.83. The van der Waals surface area contributed by atoms with Gasteiger partial charge < -0.3 is 4.90 Å². The van der Waals surface area contributed by atoms with Gasteiger partial charge in [0.25, 0.3) is 5.91 Å². The third-order valence-corrected chi connectivity index (χ3v) is 4.00. The number of carbonyl (C=O) groups excluding carboxylic acids is 1. The molecule has 150 valence electrons. The van der Waals surface area contributed by atoms with Gasteiger partial charge in [-0.15, -0.1) is 0 Å². The van der Waals surface area contributed by atoms with Crippen LogP contribution in [0.1, 0.15) is 34.6 Å². The van der Waals surface area contributed by atoms with Crippen LogP contribution in [0.25, 0.3) is 5.69 Å². The summed E-state index contributed by atoms with van der Waals surface area (Å²) in [4.78, 5) is 26.2. The molecule has 1 heterocycles. The van der Waals surface area contributed by atoms with E-state index in [2.05, 4.69) is 5.10 Å². The number of hydrogen-bond donors (Lipinski definition) is 0. The number of benzene rings is 1. The van der Waals surface area contributed by atoms with Gasteiger partial charge in [-0.3, -0.25) is 9.59 Å². The molecule has 0 N–H and O–H groups in total. The summed E-state index contributed by atoms with van der Waals surface area (Å²) in [5.41, 5.74) is -1.82. The summed E-state index contributed by atoms with van der Waals surface area (Å²) in [6.07, 6.45) is -4.58. The molecule has 2 aromatic rings. The maximum absolute atomic E-state index is 13.0. The summed E-state index contributed by atoms with van der Waals surface area (Å²) in [7, 11) is 0. The molecule has 0 spiro atoms. The molecule has 0 saturated carbocycles. The molecule has 0 bridgehead atoms. The van der Waals surface area contributed by atoms with Crippen LogP contribution in [0.3, 0.4) is 0 Å². The average Bonchev–Trinajstić information content (AvgIpc) is 2.67. The van der Waals surface area contributed by atoms with Crippen LogP contribution in [0.15, 0.2) is 35.1 Å². The fraction of sp³-hybridized carbons (Fsp3) is 0.316. The minimum atomic E-state index is -4.56.